The first-order valence-corrected chi connectivity index (χ1v) is 16.1. The van der Waals surface area contributed by atoms with E-state index in [1.54, 1.807) is 45.0 Å². The van der Waals surface area contributed by atoms with Gasteiger partial charge in [-0.05, 0) is 50.7 Å². The Hall–Kier alpha value is -3.73. The number of aromatic nitrogens is 1. The van der Waals surface area contributed by atoms with Gasteiger partial charge in [0.05, 0.1) is 12.1 Å². The molecule has 2 fully saturated rings. The van der Waals surface area contributed by atoms with Gasteiger partial charge in [-0.15, -0.1) is 0 Å². The fourth-order valence-corrected chi connectivity index (χ4v) is 7.47. The Bertz CT molecular complexity index is 1710. The summed E-state index contributed by atoms with van der Waals surface area (Å²) >= 11 is 0. The van der Waals surface area contributed by atoms with Crippen LogP contribution >= 0.6 is 0 Å². The van der Waals surface area contributed by atoms with Crippen molar-refractivity contribution in [3.63, 3.8) is 0 Å². The highest BCUT2D eigenvalue weighted by Crippen LogP contribution is 2.38. The average molecular weight is 670 g/mol. The quantitative estimate of drug-likeness (QED) is 0.167. The number of piperazine rings is 1. The zero-order chi connectivity index (χ0) is 33.4. The molecule has 2 saturated heterocycles. The number of hydroxylamine groups is 1. The van der Waals surface area contributed by atoms with Crippen molar-refractivity contribution in [2.45, 2.75) is 57.8 Å². The second-order valence-electron chi connectivity index (χ2n) is 12.2. The number of fused-ring (bicyclic) bond motifs is 1. The normalized spacial score (nSPS) is 19.0. The number of nitrogens with one attached hydrogen (secondary N) is 2. The van der Waals surface area contributed by atoms with Crippen LogP contribution in [0.15, 0.2) is 36.5 Å². The highest BCUT2D eigenvalue weighted by Gasteiger charge is 2.45. The fraction of sp³-hybridized carbons (Fsp3) is 0.467. The van der Waals surface area contributed by atoms with Crippen molar-refractivity contribution in [2.24, 2.45) is 0 Å². The van der Waals surface area contributed by atoms with Gasteiger partial charge in [0.25, 0.3) is 16.1 Å². The van der Waals surface area contributed by atoms with E-state index in [0.29, 0.717) is 0 Å². The molecule has 2 N–H and O–H groups in total. The third-order valence-corrected chi connectivity index (χ3v) is 10.0. The average Bonchev–Trinajstić information content (AvgIpc) is 3.48. The Morgan fingerprint density at radius 3 is 2.26 bits per heavy atom. The Kier molecular flexibility index (Phi) is 9.63. The third kappa shape index (κ3) is 6.84. The number of ether oxygens (including phenoxy) is 1. The number of carbonyl (C=O) groups excluding carboxylic acids is 2. The van der Waals surface area contributed by atoms with Crippen molar-refractivity contribution in [1.82, 2.24) is 24.0 Å². The number of carbonyl (C=O) groups is 2. The molecule has 2 aliphatic heterocycles. The van der Waals surface area contributed by atoms with Crippen LogP contribution in [-0.2, 0) is 31.2 Å². The molecule has 0 radical (unpaired) electrons. The first kappa shape index (κ1) is 33.6. The van der Waals surface area contributed by atoms with Crippen molar-refractivity contribution >= 4 is 33.1 Å². The summed E-state index contributed by atoms with van der Waals surface area (Å²) in [5.74, 6) is -8.18. The summed E-state index contributed by atoms with van der Waals surface area (Å²) in [7, 11) is -4.28. The van der Waals surface area contributed by atoms with Gasteiger partial charge >= 0.3 is 6.09 Å². The number of rotatable bonds is 7. The lowest BCUT2D eigenvalue weighted by molar-refractivity contribution is -0.140. The fourth-order valence-electron chi connectivity index (χ4n) is 5.71. The van der Waals surface area contributed by atoms with E-state index in [2.05, 4.69) is 10.5 Å². The maximum Gasteiger partial charge on any atom is 0.410 e. The van der Waals surface area contributed by atoms with Crippen molar-refractivity contribution in [1.29, 1.82) is 0 Å². The van der Waals surface area contributed by atoms with Crippen LogP contribution < -0.4 is 5.48 Å². The van der Waals surface area contributed by atoms with Gasteiger partial charge in [0.15, 0.2) is 23.3 Å². The van der Waals surface area contributed by atoms with Crippen molar-refractivity contribution in [2.75, 3.05) is 32.7 Å². The lowest BCUT2D eigenvalue weighted by Gasteiger charge is -2.42. The van der Waals surface area contributed by atoms with Crippen LogP contribution in [-0.4, -0.2) is 83.3 Å². The molecule has 1 aromatic heterocycles. The SMILES string of the molecule is CC(C)(C)OC(=O)N1CCN(S(=O)(=O)N2CCC(c3c[nH]c4c(F)c(F)c(F)c(F)c34)CC2)[C@@H](C(=O)NOCc2ccccc2)C1. The number of hydrogen-bond donors (Lipinski definition) is 2. The minimum Gasteiger partial charge on any atom is -0.444 e. The van der Waals surface area contributed by atoms with Gasteiger partial charge in [0.2, 0.25) is 0 Å². The number of benzene rings is 2. The van der Waals surface area contributed by atoms with Gasteiger partial charge in [-0.2, -0.15) is 17.0 Å². The zero-order valence-corrected chi connectivity index (χ0v) is 26.3. The molecule has 0 unspecified atom stereocenters. The molecule has 5 rings (SSSR count). The number of amides is 2. The third-order valence-electron chi connectivity index (χ3n) is 7.98. The van der Waals surface area contributed by atoms with E-state index < -0.39 is 73.9 Å². The number of halogens is 4. The van der Waals surface area contributed by atoms with Gasteiger partial charge in [-0.3, -0.25) is 9.63 Å². The van der Waals surface area contributed by atoms with Crippen LogP contribution in [0.5, 0.6) is 0 Å². The second-order valence-corrected chi connectivity index (χ2v) is 14.1. The second kappa shape index (κ2) is 13.2. The molecule has 16 heteroatoms. The van der Waals surface area contributed by atoms with E-state index in [1.807, 2.05) is 6.07 Å². The van der Waals surface area contributed by atoms with Crippen molar-refractivity contribution in [3.05, 3.63) is 70.9 Å². The molecule has 0 bridgehead atoms. The maximum atomic E-state index is 14.7. The number of aromatic amines is 1. The lowest BCUT2D eigenvalue weighted by Crippen LogP contribution is -2.64. The molecule has 1 atom stereocenters. The maximum absolute atomic E-state index is 14.7. The van der Waals surface area contributed by atoms with Gasteiger partial charge < -0.3 is 14.6 Å². The highest BCUT2D eigenvalue weighted by atomic mass is 32.2. The monoisotopic (exact) mass is 669 g/mol. The summed E-state index contributed by atoms with van der Waals surface area (Å²) in [5, 5.41) is -0.414. The molecular weight excluding hydrogens is 634 g/mol. The molecule has 0 aliphatic carbocycles. The molecule has 250 valence electrons. The molecule has 2 amide bonds. The minimum atomic E-state index is -4.28. The van der Waals surface area contributed by atoms with Gasteiger partial charge in [-0.25, -0.2) is 27.8 Å². The summed E-state index contributed by atoms with van der Waals surface area (Å²) in [6.07, 6.45) is 0.880. The summed E-state index contributed by atoms with van der Waals surface area (Å²) in [5.41, 5.74) is 1.95. The molecule has 46 heavy (non-hydrogen) atoms. The summed E-state index contributed by atoms with van der Waals surface area (Å²) in [6, 6.07) is 7.62. The standard InChI is InChI=1S/C30H35F4N5O6S/c1-30(2,3)45-29(41)37-13-14-39(21(16-37)28(40)36-44-17-18-7-5-4-6-8-18)46(42,43)38-11-9-19(10-12-38)20-15-35-27-22(20)23(31)24(32)25(33)26(27)34/h4-8,15,19,21,35H,9-14,16-17H2,1-3H3,(H,36,40)/t21-/m1/s1. The van der Waals surface area contributed by atoms with E-state index >= 15 is 0 Å². The molecule has 0 saturated carbocycles. The number of nitrogens with zero attached hydrogens (tertiary/aromatic N) is 3. The van der Waals surface area contributed by atoms with Crippen LogP contribution in [0.1, 0.15) is 50.7 Å². The largest absolute Gasteiger partial charge is 0.444 e. The molecule has 2 aliphatic rings. The smallest absolute Gasteiger partial charge is 0.410 e. The van der Waals surface area contributed by atoms with Crippen LogP contribution in [0, 0.1) is 23.3 Å². The Labute approximate surface area is 263 Å². The zero-order valence-electron chi connectivity index (χ0n) is 25.5. The summed E-state index contributed by atoms with van der Waals surface area (Å²) in [6.45, 7) is 4.42. The van der Waals surface area contributed by atoms with E-state index in [-0.39, 0.29) is 57.7 Å². The van der Waals surface area contributed by atoms with E-state index in [1.165, 1.54) is 15.4 Å². The first-order chi connectivity index (χ1) is 21.7. The minimum absolute atomic E-state index is 0.0181. The Morgan fingerprint density at radius 1 is 0.957 bits per heavy atom. The van der Waals surface area contributed by atoms with E-state index in [4.69, 9.17) is 9.57 Å². The molecule has 0 spiro atoms. The molecule has 2 aromatic carbocycles. The van der Waals surface area contributed by atoms with Crippen molar-refractivity contribution < 1.29 is 45.1 Å². The Balaban J connectivity index is 1.32. The highest BCUT2D eigenvalue weighted by molar-refractivity contribution is 7.86. The topological polar surface area (TPSA) is 124 Å². The summed E-state index contributed by atoms with van der Waals surface area (Å²) < 4.78 is 92.2. The molecule has 3 heterocycles. The first-order valence-electron chi connectivity index (χ1n) is 14.7. The molecular formula is C30H35F4N5O6S. The van der Waals surface area contributed by atoms with Gasteiger partial charge in [-0.1, -0.05) is 30.3 Å². The Morgan fingerprint density at radius 2 is 1.61 bits per heavy atom. The molecule has 3 aromatic rings. The van der Waals surface area contributed by atoms with Crippen LogP contribution in [0.2, 0.25) is 0 Å². The predicted molar refractivity (Wildman–Crippen MR) is 158 cm³/mol. The van der Waals surface area contributed by atoms with Gasteiger partial charge in [0, 0.05) is 44.3 Å². The number of hydrogen-bond acceptors (Lipinski definition) is 6. The summed E-state index contributed by atoms with van der Waals surface area (Å²) in [4.78, 5) is 35.3. The van der Waals surface area contributed by atoms with Gasteiger partial charge in [0.1, 0.15) is 11.6 Å². The molecule has 11 nitrogen and oxygen atoms in total. The number of piperidine rings is 1. The van der Waals surface area contributed by atoms with Crippen LogP contribution in [0.4, 0.5) is 22.4 Å². The number of H-pyrrole nitrogens is 1. The van der Waals surface area contributed by atoms with E-state index in [9.17, 15) is 35.6 Å². The van der Waals surface area contributed by atoms with Crippen LogP contribution in [0.25, 0.3) is 10.9 Å². The lowest BCUT2D eigenvalue weighted by atomic mass is 9.90. The van der Waals surface area contributed by atoms with Crippen molar-refractivity contribution in [3.8, 4) is 0 Å². The van der Waals surface area contributed by atoms with Crippen LogP contribution in [0.3, 0.4) is 0 Å². The van der Waals surface area contributed by atoms with E-state index in [0.717, 1.165) is 9.87 Å². The predicted octanol–water partition coefficient (Wildman–Crippen LogP) is 4.32.